The van der Waals surface area contributed by atoms with Gasteiger partial charge in [0.2, 0.25) is 5.78 Å². The minimum atomic E-state index is -4.79. The fourth-order valence-corrected chi connectivity index (χ4v) is 3.90. The molecule has 3 heterocycles. The van der Waals surface area contributed by atoms with Crippen LogP contribution in [-0.2, 0) is 12.7 Å². The lowest BCUT2D eigenvalue weighted by Gasteiger charge is -2.12. The maximum atomic E-state index is 13.4. The number of hydrogen-bond acceptors (Lipinski definition) is 5. The summed E-state index contributed by atoms with van der Waals surface area (Å²) >= 11 is 0. The Kier molecular flexibility index (Phi) is 4.33. The molecular formula is C22H14F3N3O4. The first-order valence-electron chi connectivity index (χ1n) is 9.46. The van der Waals surface area contributed by atoms with E-state index in [9.17, 15) is 22.8 Å². The fraction of sp³-hybridized carbons (Fsp3) is 0.136. The summed E-state index contributed by atoms with van der Waals surface area (Å²) in [6.45, 7) is -0.0484. The first-order chi connectivity index (χ1) is 15.3. The highest BCUT2D eigenvalue weighted by molar-refractivity contribution is 5.87. The molecule has 0 spiro atoms. The van der Waals surface area contributed by atoms with E-state index in [-0.39, 0.29) is 17.9 Å². The number of para-hydroxylation sites is 2. The van der Waals surface area contributed by atoms with Gasteiger partial charge in [-0.3, -0.25) is 4.79 Å². The molecule has 10 heteroatoms. The largest absolute Gasteiger partial charge is 0.496 e. The highest BCUT2D eigenvalue weighted by atomic mass is 19.4. The van der Waals surface area contributed by atoms with Crippen LogP contribution in [0.25, 0.3) is 27.8 Å². The van der Waals surface area contributed by atoms with Crippen molar-refractivity contribution in [3.63, 3.8) is 0 Å². The van der Waals surface area contributed by atoms with Crippen molar-refractivity contribution < 1.29 is 22.3 Å². The summed E-state index contributed by atoms with van der Waals surface area (Å²) in [5, 5.41) is 0.500. The maximum absolute atomic E-state index is 13.4. The Morgan fingerprint density at radius 3 is 2.50 bits per heavy atom. The predicted molar refractivity (Wildman–Crippen MR) is 110 cm³/mol. The molecule has 5 aromatic rings. The number of hydrogen-bond donors (Lipinski definition) is 0. The van der Waals surface area contributed by atoms with Crippen molar-refractivity contribution in [3.8, 4) is 5.75 Å². The standard InChI is InChI=1S/C22H14F3N3O4/c1-31-15-7-4-8-16-20(15)12(9-19(30)32-16)11-27-13-5-2-3-6-14(13)28-18(29)10-17(22(23,24)25)26-21(27)28/h2-10H,11H2,1H3. The zero-order valence-corrected chi connectivity index (χ0v) is 16.5. The van der Waals surface area contributed by atoms with E-state index in [4.69, 9.17) is 9.15 Å². The summed E-state index contributed by atoms with van der Waals surface area (Å²) in [6.07, 6.45) is -4.79. The molecule has 0 N–H and O–H groups in total. The minimum Gasteiger partial charge on any atom is -0.496 e. The molecule has 0 aliphatic carbocycles. The Hall–Kier alpha value is -4.08. The van der Waals surface area contributed by atoms with Gasteiger partial charge < -0.3 is 13.7 Å². The van der Waals surface area contributed by atoms with Crippen molar-refractivity contribution in [1.82, 2.24) is 14.0 Å². The van der Waals surface area contributed by atoms with Gasteiger partial charge in [0.05, 0.1) is 30.1 Å². The van der Waals surface area contributed by atoms with E-state index >= 15 is 0 Å². The van der Waals surface area contributed by atoms with Gasteiger partial charge in [-0.2, -0.15) is 13.2 Å². The first kappa shape index (κ1) is 19.9. The lowest BCUT2D eigenvalue weighted by molar-refractivity contribution is -0.141. The Bertz CT molecular complexity index is 1630. The number of ether oxygens (including phenoxy) is 1. The molecule has 5 rings (SSSR count). The van der Waals surface area contributed by atoms with Crippen LogP contribution in [0, 0.1) is 0 Å². The molecule has 162 valence electrons. The first-order valence-corrected chi connectivity index (χ1v) is 9.46. The molecule has 32 heavy (non-hydrogen) atoms. The van der Waals surface area contributed by atoms with Gasteiger partial charge in [0.1, 0.15) is 11.3 Å². The number of nitrogens with zero attached hydrogens (tertiary/aromatic N) is 3. The van der Waals surface area contributed by atoms with Crippen LogP contribution in [0.15, 0.2) is 68.6 Å². The zero-order valence-electron chi connectivity index (χ0n) is 16.5. The van der Waals surface area contributed by atoms with E-state index in [1.54, 1.807) is 42.5 Å². The quantitative estimate of drug-likeness (QED) is 0.398. The molecule has 0 bridgehead atoms. The summed E-state index contributed by atoms with van der Waals surface area (Å²) in [5.41, 5.74) is -1.17. The lowest BCUT2D eigenvalue weighted by atomic mass is 10.1. The van der Waals surface area contributed by atoms with Gasteiger partial charge in [-0.05, 0) is 29.8 Å². The summed E-state index contributed by atoms with van der Waals surface area (Å²) in [4.78, 5) is 28.5. The van der Waals surface area contributed by atoms with Gasteiger partial charge in [0.25, 0.3) is 5.56 Å². The third-order valence-electron chi connectivity index (χ3n) is 5.21. The molecular weight excluding hydrogens is 427 g/mol. The SMILES string of the molecule is COc1cccc2oc(=O)cc(Cn3c4ccccc4n4c(=O)cc(C(F)(F)F)nc34)c12. The van der Waals surface area contributed by atoms with Crippen molar-refractivity contribution in [2.75, 3.05) is 7.11 Å². The molecule has 7 nitrogen and oxygen atoms in total. The van der Waals surface area contributed by atoms with Crippen LogP contribution in [0.3, 0.4) is 0 Å². The van der Waals surface area contributed by atoms with Gasteiger partial charge in [-0.1, -0.05) is 18.2 Å². The van der Waals surface area contributed by atoms with Crippen LogP contribution in [0.1, 0.15) is 11.3 Å². The van der Waals surface area contributed by atoms with Crippen molar-refractivity contribution in [3.05, 3.63) is 86.6 Å². The Morgan fingerprint density at radius 1 is 1.03 bits per heavy atom. The molecule has 0 atom stereocenters. The molecule has 0 saturated heterocycles. The molecule has 0 amide bonds. The molecule has 0 unspecified atom stereocenters. The average molecular weight is 441 g/mol. The van der Waals surface area contributed by atoms with Gasteiger partial charge in [0.15, 0.2) is 5.69 Å². The third kappa shape index (κ3) is 3.03. The molecule has 0 saturated carbocycles. The second-order valence-electron chi connectivity index (χ2n) is 7.11. The van der Waals surface area contributed by atoms with Crippen LogP contribution in [0.5, 0.6) is 5.75 Å². The van der Waals surface area contributed by atoms with E-state index in [0.29, 0.717) is 33.8 Å². The molecule has 0 aliphatic rings. The zero-order chi connectivity index (χ0) is 22.6. The third-order valence-corrected chi connectivity index (χ3v) is 5.21. The summed E-state index contributed by atoms with van der Waals surface area (Å²) in [7, 11) is 1.46. The van der Waals surface area contributed by atoms with Crippen LogP contribution in [-0.4, -0.2) is 21.1 Å². The molecule has 0 radical (unpaired) electrons. The summed E-state index contributed by atoms with van der Waals surface area (Å²) < 4.78 is 53.4. The van der Waals surface area contributed by atoms with Crippen molar-refractivity contribution >= 4 is 27.8 Å². The molecule has 3 aromatic heterocycles. The smallest absolute Gasteiger partial charge is 0.433 e. The Balaban J connectivity index is 1.87. The van der Waals surface area contributed by atoms with Crippen molar-refractivity contribution in [1.29, 1.82) is 0 Å². The number of methoxy groups -OCH3 is 1. The lowest BCUT2D eigenvalue weighted by Crippen LogP contribution is -2.20. The summed E-state index contributed by atoms with van der Waals surface area (Å²) in [5.74, 6) is 0.241. The van der Waals surface area contributed by atoms with Gasteiger partial charge in [0, 0.05) is 12.1 Å². The molecule has 0 fully saturated rings. The second kappa shape index (κ2) is 6.98. The Labute approximate surface area is 176 Å². The van der Waals surface area contributed by atoms with Crippen molar-refractivity contribution in [2.24, 2.45) is 0 Å². The number of benzene rings is 2. The topological polar surface area (TPSA) is 78.7 Å². The number of rotatable bonds is 3. The van der Waals surface area contributed by atoms with Gasteiger partial charge in [-0.15, -0.1) is 0 Å². The van der Waals surface area contributed by atoms with Crippen LogP contribution in [0.4, 0.5) is 13.2 Å². The predicted octanol–water partition coefficient (Wildman–Crippen LogP) is 3.83. The van der Waals surface area contributed by atoms with Crippen LogP contribution in [0.2, 0.25) is 0 Å². The maximum Gasteiger partial charge on any atom is 0.433 e. The fourth-order valence-electron chi connectivity index (χ4n) is 3.90. The number of aromatic nitrogens is 3. The Morgan fingerprint density at radius 2 is 1.78 bits per heavy atom. The number of fused-ring (bicyclic) bond motifs is 4. The van der Waals surface area contributed by atoms with E-state index in [2.05, 4.69) is 4.98 Å². The highest BCUT2D eigenvalue weighted by Gasteiger charge is 2.34. The van der Waals surface area contributed by atoms with E-state index in [1.165, 1.54) is 17.7 Å². The monoisotopic (exact) mass is 441 g/mol. The number of alkyl halides is 3. The minimum absolute atomic E-state index is 0.0484. The molecule has 2 aromatic carbocycles. The second-order valence-corrected chi connectivity index (χ2v) is 7.11. The van der Waals surface area contributed by atoms with E-state index in [0.717, 1.165) is 4.40 Å². The normalized spacial score (nSPS) is 12.1. The van der Waals surface area contributed by atoms with Crippen molar-refractivity contribution in [2.45, 2.75) is 12.7 Å². The van der Waals surface area contributed by atoms with Gasteiger partial charge in [-0.25, -0.2) is 14.2 Å². The van der Waals surface area contributed by atoms with E-state index in [1.807, 2.05) is 0 Å². The summed E-state index contributed by atoms with van der Waals surface area (Å²) in [6, 6.07) is 13.3. The highest BCUT2D eigenvalue weighted by Crippen LogP contribution is 2.31. The van der Waals surface area contributed by atoms with Crippen LogP contribution >= 0.6 is 0 Å². The van der Waals surface area contributed by atoms with E-state index < -0.39 is 23.1 Å². The molecule has 0 aliphatic heterocycles. The van der Waals surface area contributed by atoms with Gasteiger partial charge >= 0.3 is 11.8 Å². The number of halogens is 3. The van der Waals surface area contributed by atoms with Crippen LogP contribution < -0.4 is 15.9 Å². The number of imidazole rings is 1. The average Bonchev–Trinajstić information content (AvgIpc) is 3.06.